The molecule has 2 aromatic carbocycles. The average molecular weight is 362 g/mol. The summed E-state index contributed by atoms with van der Waals surface area (Å²) in [5.74, 6) is 2.54. The zero-order valence-corrected chi connectivity index (χ0v) is 15.3. The van der Waals surface area contributed by atoms with Gasteiger partial charge in [0, 0.05) is 13.6 Å². The Balaban J connectivity index is 1.89. The minimum Gasteiger partial charge on any atom is -0.493 e. The average Bonchev–Trinajstić information content (AvgIpc) is 2.96. The lowest BCUT2D eigenvalue weighted by molar-refractivity contribution is 0.324. The number of hydrogen-bond donors (Lipinski definition) is 1. The number of nitrogens with one attached hydrogen (secondary N) is 1. The summed E-state index contributed by atoms with van der Waals surface area (Å²) in [6.45, 7) is 0.547. The van der Waals surface area contributed by atoms with E-state index in [0.29, 0.717) is 28.8 Å². The van der Waals surface area contributed by atoms with Crippen LogP contribution in [-0.2, 0) is 13.6 Å². The lowest BCUT2D eigenvalue weighted by atomic mass is 10.2. The Labute approximate surface area is 151 Å². The summed E-state index contributed by atoms with van der Waals surface area (Å²) in [5, 5.41) is 3.96. The van der Waals surface area contributed by atoms with E-state index in [-0.39, 0.29) is 0 Å². The third kappa shape index (κ3) is 3.17. The van der Waals surface area contributed by atoms with Crippen LogP contribution in [0.15, 0.2) is 30.3 Å². The van der Waals surface area contributed by atoms with Crippen LogP contribution in [0.4, 0.5) is 5.95 Å². The first kappa shape index (κ1) is 17.2. The van der Waals surface area contributed by atoms with Gasteiger partial charge in [0.2, 0.25) is 11.7 Å². The van der Waals surface area contributed by atoms with Gasteiger partial charge in [0.25, 0.3) is 0 Å². The molecule has 0 atom stereocenters. The van der Waals surface area contributed by atoms with Crippen molar-refractivity contribution in [1.29, 1.82) is 0 Å². The molecule has 0 spiro atoms. The second-order valence-corrected chi connectivity index (χ2v) is 5.90. The maximum absolute atomic E-state index is 6.22. The van der Waals surface area contributed by atoms with E-state index in [0.717, 1.165) is 22.5 Å². The number of fused-ring (bicyclic) bond motifs is 1. The van der Waals surface area contributed by atoms with Crippen molar-refractivity contribution in [3.63, 3.8) is 0 Å². The van der Waals surface area contributed by atoms with Crippen molar-refractivity contribution >= 4 is 28.6 Å². The van der Waals surface area contributed by atoms with Crippen molar-refractivity contribution in [2.45, 2.75) is 6.54 Å². The molecule has 3 aromatic rings. The Kier molecular flexibility index (Phi) is 4.90. The number of imidazole rings is 1. The van der Waals surface area contributed by atoms with Gasteiger partial charge < -0.3 is 24.1 Å². The number of benzene rings is 2. The minimum atomic E-state index is 0.547. The van der Waals surface area contributed by atoms with E-state index in [9.17, 15) is 0 Å². The summed E-state index contributed by atoms with van der Waals surface area (Å²) in [5.41, 5.74) is 2.73. The molecule has 0 fully saturated rings. The van der Waals surface area contributed by atoms with E-state index in [1.807, 2.05) is 41.9 Å². The van der Waals surface area contributed by atoms with Crippen molar-refractivity contribution < 1.29 is 14.2 Å². The van der Waals surface area contributed by atoms with Gasteiger partial charge in [0.1, 0.15) is 5.52 Å². The second-order valence-electron chi connectivity index (χ2n) is 5.49. The van der Waals surface area contributed by atoms with Crippen LogP contribution in [-0.4, -0.2) is 30.9 Å². The second kappa shape index (κ2) is 7.11. The highest BCUT2D eigenvalue weighted by Gasteiger charge is 2.14. The predicted octanol–water partition coefficient (Wildman–Crippen LogP) is 3.86. The first-order valence-electron chi connectivity index (χ1n) is 7.72. The van der Waals surface area contributed by atoms with Gasteiger partial charge in [-0.3, -0.25) is 0 Å². The molecule has 7 heteroatoms. The highest BCUT2D eigenvalue weighted by Crippen LogP contribution is 2.38. The van der Waals surface area contributed by atoms with E-state index < -0.39 is 0 Å². The summed E-state index contributed by atoms with van der Waals surface area (Å²) in [4.78, 5) is 4.58. The third-order valence-electron chi connectivity index (χ3n) is 4.04. The quantitative estimate of drug-likeness (QED) is 0.722. The number of aromatic nitrogens is 2. The van der Waals surface area contributed by atoms with E-state index in [1.165, 1.54) is 0 Å². The highest BCUT2D eigenvalue weighted by atomic mass is 35.5. The molecule has 0 aliphatic heterocycles. The monoisotopic (exact) mass is 361 g/mol. The minimum absolute atomic E-state index is 0.547. The molecule has 132 valence electrons. The molecular formula is C18H20ClN3O3. The Hall–Kier alpha value is -2.60. The van der Waals surface area contributed by atoms with Crippen molar-refractivity contribution in [3.8, 4) is 17.2 Å². The van der Waals surface area contributed by atoms with E-state index in [2.05, 4.69) is 10.3 Å². The number of hydrogen-bond acceptors (Lipinski definition) is 5. The Morgan fingerprint density at radius 1 is 1.08 bits per heavy atom. The molecule has 0 unspecified atom stereocenters. The number of ether oxygens (including phenoxy) is 3. The maximum Gasteiger partial charge on any atom is 0.203 e. The van der Waals surface area contributed by atoms with Gasteiger partial charge in [-0.15, -0.1) is 0 Å². The van der Waals surface area contributed by atoms with Gasteiger partial charge in [-0.05, 0) is 29.8 Å². The van der Waals surface area contributed by atoms with Crippen LogP contribution in [0.3, 0.4) is 0 Å². The molecule has 0 saturated carbocycles. The summed E-state index contributed by atoms with van der Waals surface area (Å²) < 4.78 is 18.1. The summed E-state index contributed by atoms with van der Waals surface area (Å²) in [6, 6.07) is 9.54. The SMILES string of the molecule is COc1cc(CNc2nc3c(Cl)cccc3n2C)cc(OC)c1OC. The molecule has 0 saturated heterocycles. The van der Waals surface area contributed by atoms with Crippen LogP contribution in [0.2, 0.25) is 5.02 Å². The fraction of sp³-hybridized carbons (Fsp3) is 0.278. The van der Waals surface area contributed by atoms with Crippen LogP contribution >= 0.6 is 11.6 Å². The predicted molar refractivity (Wildman–Crippen MR) is 99.1 cm³/mol. The van der Waals surface area contributed by atoms with Gasteiger partial charge in [-0.2, -0.15) is 0 Å². The fourth-order valence-corrected chi connectivity index (χ4v) is 2.97. The molecule has 6 nitrogen and oxygen atoms in total. The van der Waals surface area contributed by atoms with Crippen molar-refractivity contribution in [1.82, 2.24) is 9.55 Å². The number of nitrogens with zero attached hydrogens (tertiary/aromatic N) is 2. The number of para-hydroxylation sites is 1. The number of methoxy groups -OCH3 is 3. The Morgan fingerprint density at radius 3 is 2.32 bits per heavy atom. The van der Waals surface area contributed by atoms with Crippen LogP contribution in [0.5, 0.6) is 17.2 Å². The normalized spacial score (nSPS) is 10.8. The lowest BCUT2D eigenvalue weighted by Crippen LogP contribution is -2.06. The molecule has 25 heavy (non-hydrogen) atoms. The first-order chi connectivity index (χ1) is 12.1. The largest absolute Gasteiger partial charge is 0.493 e. The summed E-state index contributed by atoms with van der Waals surface area (Å²) in [7, 11) is 6.73. The van der Waals surface area contributed by atoms with E-state index in [1.54, 1.807) is 21.3 Å². The Morgan fingerprint density at radius 2 is 1.76 bits per heavy atom. The summed E-state index contributed by atoms with van der Waals surface area (Å²) >= 11 is 6.22. The topological polar surface area (TPSA) is 57.5 Å². The van der Waals surface area contributed by atoms with Gasteiger partial charge in [0.15, 0.2) is 11.5 Å². The molecule has 0 aliphatic carbocycles. The molecule has 1 heterocycles. The molecule has 0 radical (unpaired) electrons. The van der Waals surface area contributed by atoms with Gasteiger partial charge in [-0.1, -0.05) is 17.7 Å². The molecule has 0 bridgehead atoms. The zero-order chi connectivity index (χ0) is 18.0. The number of anilines is 1. The van der Waals surface area contributed by atoms with Gasteiger partial charge in [-0.25, -0.2) is 4.98 Å². The molecule has 1 N–H and O–H groups in total. The van der Waals surface area contributed by atoms with Crippen LogP contribution in [0.1, 0.15) is 5.56 Å². The molecular weight excluding hydrogens is 342 g/mol. The van der Waals surface area contributed by atoms with Crippen molar-refractivity contribution in [2.75, 3.05) is 26.6 Å². The van der Waals surface area contributed by atoms with Crippen LogP contribution < -0.4 is 19.5 Å². The maximum atomic E-state index is 6.22. The standard InChI is InChI=1S/C18H20ClN3O3/c1-22-13-7-5-6-12(19)16(13)21-18(22)20-10-11-8-14(23-2)17(25-4)15(9-11)24-3/h5-9H,10H2,1-4H3,(H,20,21). The smallest absolute Gasteiger partial charge is 0.203 e. The highest BCUT2D eigenvalue weighted by molar-refractivity contribution is 6.35. The van der Waals surface area contributed by atoms with E-state index >= 15 is 0 Å². The first-order valence-corrected chi connectivity index (χ1v) is 8.10. The number of halogens is 1. The van der Waals surface area contributed by atoms with E-state index in [4.69, 9.17) is 25.8 Å². The lowest BCUT2D eigenvalue weighted by Gasteiger charge is -2.14. The van der Waals surface area contributed by atoms with Gasteiger partial charge in [0.05, 0.1) is 31.9 Å². The molecule has 0 amide bonds. The third-order valence-corrected chi connectivity index (χ3v) is 4.34. The van der Waals surface area contributed by atoms with Crippen LogP contribution in [0, 0.1) is 0 Å². The Bertz CT molecular complexity index is 883. The molecule has 3 rings (SSSR count). The number of aryl methyl sites for hydroxylation is 1. The van der Waals surface area contributed by atoms with Crippen molar-refractivity contribution in [2.24, 2.45) is 7.05 Å². The van der Waals surface area contributed by atoms with Gasteiger partial charge >= 0.3 is 0 Å². The van der Waals surface area contributed by atoms with Crippen molar-refractivity contribution in [3.05, 3.63) is 40.9 Å². The molecule has 0 aliphatic rings. The fourth-order valence-electron chi connectivity index (χ4n) is 2.76. The van der Waals surface area contributed by atoms with Crippen LogP contribution in [0.25, 0.3) is 11.0 Å². The molecule has 1 aromatic heterocycles. The number of rotatable bonds is 6. The zero-order valence-electron chi connectivity index (χ0n) is 14.6. The summed E-state index contributed by atoms with van der Waals surface area (Å²) in [6.07, 6.45) is 0.